The Labute approximate surface area is 132 Å². The van der Waals surface area contributed by atoms with Crippen molar-refractivity contribution >= 4 is 17.7 Å². The average Bonchev–Trinajstić information content (AvgIpc) is 2.52. The van der Waals surface area contributed by atoms with E-state index in [4.69, 9.17) is 0 Å². The molecule has 1 saturated carbocycles. The molecule has 1 aromatic rings. The number of piperidine rings is 1. The van der Waals surface area contributed by atoms with Gasteiger partial charge in [0.25, 0.3) is 0 Å². The third kappa shape index (κ3) is 3.63. The maximum Gasteiger partial charge on any atom is 0.233 e. The molecule has 1 heterocycles. The summed E-state index contributed by atoms with van der Waals surface area (Å²) in [6.07, 6.45) is 7.75. The minimum atomic E-state index is 0.345. The Morgan fingerprint density at radius 3 is 2.90 bits per heavy atom. The number of carbonyl (C=O) groups is 1. The highest BCUT2D eigenvalue weighted by Gasteiger charge is 2.35. The largest absolute Gasteiger partial charge is 0.339 e. The zero-order valence-corrected chi connectivity index (χ0v) is 13.7. The predicted molar refractivity (Wildman–Crippen MR) is 88.6 cm³/mol. The van der Waals surface area contributed by atoms with Crippen molar-refractivity contribution in [2.24, 2.45) is 5.92 Å². The normalized spacial score (nSPS) is 25.5. The Balaban J connectivity index is 1.59. The van der Waals surface area contributed by atoms with E-state index in [9.17, 15) is 4.79 Å². The van der Waals surface area contributed by atoms with Crippen LogP contribution in [0.4, 0.5) is 0 Å². The van der Waals surface area contributed by atoms with E-state index in [1.54, 1.807) is 11.8 Å². The third-order valence-corrected chi connectivity index (χ3v) is 5.89. The van der Waals surface area contributed by atoms with Crippen LogP contribution in [-0.4, -0.2) is 29.1 Å². The predicted octanol–water partition coefficient (Wildman–Crippen LogP) is 4.27. The number of thioether (sulfide) groups is 1. The molecular weight excluding hydrogens is 278 g/mol. The number of fused-ring (bicyclic) bond motifs is 1. The second kappa shape index (κ2) is 6.87. The number of amides is 1. The van der Waals surface area contributed by atoms with Crippen LogP contribution in [0.25, 0.3) is 0 Å². The van der Waals surface area contributed by atoms with Crippen LogP contribution in [0.15, 0.2) is 29.2 Å². The summed E-state index contributed by atoms with van der Waals surface area (Å²) in [5, 5.41) is 0. The number of hydrogen-bond donors (Lipinski definition) is 0. The van der Waals surface area contributed by atoms with Crippen LogP contribution in [0.5, 0.6) is 0 Å². The molecule has 114 valence electrons. The van der Waals surface area contributed by atoms with Crippen LogP contribution in [0.3, 0.4) is 0 Å². The first-order valence-electron chi connectivity index (χ1n) is 8.23. The minimum absolute atomic E-state index is 0.345. The van der Waals surface area contributed by atoms with E-state index in [0.29, 0.717) is 17.7 Å². The van der Waals surface area contributed by atoms with Crippen molar-refractivity contribution in [2.75, 3.05) is 12.3 Å². The molecule has 3 rings (SSSR count). The van der Waals surface area contributed by atoms with Crippen LogP contribution in [-0.2, 0) is 4.79 Å². The summed E-state index contributed by atoms with van der Waals surface area (Å²) in [5.74, 6) is 1.71. The molecule has 0 aromatic heterocycles. The molecular formula is C18H25NOS. The highest BCUT2D eigenvalue weighted by Crippen LogP contribution is 2.35. The summed E-state index contributed by atoms with van der Waals surface area (Å²) in [5.41, 5.74) is 1.26. The number of nitrogens with zero attached hydrogens (tertiary/aromatic N) is 1. The van der Waals surface area contributed by atoms with Crippen molar-refractivity contribution in [1.29, 1.82) is 0 Å². The quantitative estimate of drug-likeness (QED) is 0.777. The lowest BCUT2D eigenvalue weighted by Crippen LogP contribution is -2.50. The summed E-state index contributed by atoms with van der Waals surface area (Å²) < 4.78 is 0. The van der Waals surface area contributed by atoms with Crippen LogP contribution < -0.4 is 0 Å². The summed E-state index contributed by atoms with van der Waals surface area (Å²) in [7, 11) is 0. The van der Waals surface area contributed by atoms with Gasteiger partial charge in [-0.3, -0.25) is 4.79 Å². The van der Waals surface area contributed by atoms with Gasteiger partial charge in [-0.15, -0.1) is 11.8 Å². The van der Waals surface area contributed by atoms with Gasteiger partial charge in [-0.1, -0.05) is 30.5 Å². The molecule has 0 N–H and O–H groups in total. The van der Waals surface area contributed by atoms with E-state index in [1.165, 1.54) is 49.0 Å². The number of aryl methyl sites for hydroxylation is 1. The van der Waals surface area contributed by atoms with Crippen molar-refractivity contribution in [3.63, 3.8) is 0 Å². The Bertz CT molecular complexity index is 500. The van der Waals surface area contributed by atoms with Gasteiger partial charge < -0.3 is 4.90 Å². The highest BCUT2D eigenvalue weighted by molar-refractivity contribution is 8.00. The summed E-state index contributed by atoms with van der Waals surface area (Å²) in [6, 6.07) is 8.98. The molecule has 1 aromatic carbocycles. The SMILES string of the molecule is Cc1cccc(SCC(=O)N2CCCC3CCCCC32)c1. The molecule has 0 spiro atoms. The molecule has 2 unspecified atom stereocenters. The summed E-state index contributed by atoms with van der Waals surface area (Å²) >= 11 is 1.68. The van der Waals surface area contributed by atoms with E-state index in [1.807, 2.05) is 0 Å². The fourth-order valence-corrected chi connectivity index (χ4v) is 4.77. The lowest BCUT2D eigenvalue weighted by molar-refractivity contribution is -0.134. The van der Waals surface area contributed by atoms with Gasteiger partial charge in [0.05, 0.1) is 5.75 Å². The van der Waals surface area contributed by atoms with Gasteiger partial charge in [0.15, 0.2) is 0 Å². The highest BCUT2D eigenvalue weighted by atomic mass is 32.2. The molecule has 2 fully saturated rings. The molecule has 0 radical (unpaired) electrons. The van der Waals surface area contributed by atoms with Crippen LogP contribution in [0.1, 0.15) is 44.1 Å². The van der Waals surface area contributed by atoms with Gasteiger partial charge in [0.2, 0.25) is 5.91 Å². The molecule has 2 aliphatic rings. The Morgan fingerprint density at radius 2 is 2.05 bits per heavy atom. The van der Waals surface area contributed by atoms with Crippen molar-refractivity contribution in [3.05, 3.63) is 29.8 Å². The zero-order chi connectivity index (χ0) is 14.7. The fraction of sp³-hybridized carbons (Fsp3) is 0.611. The van der Waals surface area contributed by atoms with E-state index >= 15 is 0 Å². The maximum absolute atomic E-state index is 12.6. The lowest BCUT2D eigenvalue weighted by atomic mass is 9.78. The summed E-state index contributed by atoms with van der Waals surface area (Å²) in [4.78, 5) is 16.0. The van der Waals surface area contributed by atoms with Crippen LogP contribution >= 0.6 is 11.8 Å². The second-order valence-electron chi connectivity index (χ2n) is 6.45. The van der Waals surface area contributed by atoms with Gasteiger partial charge in [0.1, 0.15) is 0 Å². The van der Waals surface area contributed by atoms with Gasteiger partial charge in [-0.25, -0.2) is 0 Å². The molecule has 2 atom stereocenters. The molecule has 3 heteroatoms. The third-order valence-electron chi connectivity index (χ3n) is 4.92. The standard InChI is InChI=1S/C18H25NOS/c1-14-6-4-9-16(12-14)21-13-18(20)19-11-5-8-15-7-2-3-10-17(15)19/h4,6,9,12,15,17H,2-3,5,7-8,10-11,13H2,1H3. The van der Waals surface area contributed by atoms with Crippen LogP contribution in [0, 0.1) is 12.8 Å². The van der Waals surface area contributed by atoms with Crippen molar-refractivity contribution in [2.45, 2.75) is 56.4 Å². The first kappa shape index (κ1) is 15.0. The minimum Gasteiger partial charge on any atom is -0.339 e. The monoisotopic (exact) mass is 303 g/mol. The van der Waals surface area contributed by atoms with Gasteiger partial charge >= 0.3 is 0 Å². The molecule has 1 saturated heterocycles. The zero-order valence-electron chi connectivity index (χ0n) is 12.9. The lowest BCUT2D eigenvalue weighted by Gasteiger charge is -2.44. The Kier molecular flexibility index (Phi) is 4.89. The number of likely N-dealkylation sites (tertiary alicyclic amines) is 1. The maximum atomic E-state index is 12.6. The fourth-order valence-electron chi connectivity index (χ4n) is 3.87. The number of carbonyl (C=O) groups excluding carboxylic acids is 1. The second-order valence-corrected chi connectivity index (χ2v) is 7.50. The number of rotatable bonds is 3. The van der Waals surface area contributed by atoms with Crippen molar-refractivity contribution < 1.29 is 4.79 Å². The topological polar surface area (TPSA) is 20.3 Å². The number of benzene rings is 1. The van der Waals surface area contributed by atoms with E-state index < -0.39 is 0 Å². The van der Waals surface area contributed by atoms with E-state index in [0.717, 1.165) is 12.5 Å². The van der Waals surface area contributed by atoms with Crippen molar-refractivity contribution in [1.82, 2.24) is 4.90 Å². The first-order chi connectivity index (χ1) is 10.2. The van der Waals surface area contributed by atoms with Crippen LogP contribution in [0.2, 0.25) is 0 Å². The van der Waals surface area contributed by atoms with Crippen molar-refractivity contribution in [3.8, 4) is 0 Å². The Hall–Kier alpha value is -0.960. The molecule has 1 aliphatic carbocycles. The molecule has 21 heavy (non-hydrogen) atoms. The number of hydrogen-bond acceptors (Lipinski definition) is 2. The average molecular weight is 303 g/mol. The smallest absolute Gasteiger partial charge is 0.233 e. The molecule has 1 amide bonds. The molecule has 0 bridgehead atoms. The first-order valence-corrected chi connectivity index (χ1v) is 9.21. The van der Waals surface area contributed by atoms with E-state index in [-0.39, 0.29) is 0 Å². The van der Waals surface area contributed by atoms with Gasteiger partial charge in [0, 0.05) is 17.5 Å². The van der Waals surface area contributed by atoms with Gasteiger partial charge in [-0.05, 0) is 50.7 Å². The molecule has 2 nitrogen and oxygen atoms in total. The Morgan fingerprint density at radius 1 is 1.24 bits per heavy atom. The van der Waals surface area contributed by atoms with E-state index in [2.05, 4.69) is 36.1 Å². The summed E-state index contributed by atoms with van der Waals surface area (Å²) in [6.45, 7) is 3.08. The molecule has 1 aliphatic heterocycles. The van der Waals surface area contributed by atoms with Gasteiger partial charge in [-0.2, -0.15) is 0 Å².